The number of benzene rings is 2. The van der Waals surface area contributed by atoms with Gasteiger partial charge < -0.3 is 10.1 Å². The van der Waals surface area contributed by atoms with Crippen LogP contribution in [0.4, 0.5) is 5.82 Å². The van der Waals surface area contributed by atoms with Crippen LogP contribution in [-0.2, 0) is 6.42 Å². The van der Waals surface area contributed by atoms with Crippen molar-refractivity contribution in [1.82, 2.24) is 19.5 Å². The van der Waals surface area contributed by atoms with Gasteiger partial charge in [0.05, 0.1) is 48.2 Å². The zero-order valence-corrected chi connectivity index (χ0v) is 15.8. The van der Waals surface area contributed by atoms with Crippen LogP contribution in [0.1, 0.15) is 29.2 Å². The van der Waals surface area contributed by atoms with Crippen LogP contribution in [-0.4, -0.2) is 26.6 Å². The summed E-state index contributed by atoms with van der Waals surface area (Å²) in [5.74, 6) is 2.24. The fraction of sp³-hybridized carbons (Fsp3) is 0.182. The molecule has 0 saturated carbocycles. The number of hydrogen-bond donors (Lipinski definition) is 1. The zero-order chi connectivity index (χ0) is 19.8. The third-order valence-corrected chi connectivity index (χ3v) is 5.30. The molecule has 2 aromatic heterocycles. The number of anilines is 1. The summed E-state index contributed by atoms with van der Waals surface area (Å²) in [5.41, 5.74) is 4.79. The Hall–Kier alpha value is -3.92. The van der Waals surface area contributed by atoms with Crippen molar-refractivity contribution < 1.29 is 4.74 Å². The van der Waals surface area contributed by atoms with Crippen LogP contribution in [0.2, 0.25) is 0 Å². The summed E-state index contributed by atoms with van der Waals surface area (Å²) >= 11 is 0. The summed E-state index contributed by atoms with van der Waals surface area (Å²) in [5, 5.41) is 12.6. The van der Waals surface area contributed by atoms with Crippen LogP contribution in [0.25, 0.3) is 16.9 Å². The first kappa shape index (κ1) is 17.2. The van der Waals surface area contributed by atoms with Crippen LogP contribution < -0.4 is 10.1 Å². The monoisotopic (exact) mass is 382 g/mol. The van der Waals surface area contributed by atoms with Gasteiger partial charge in [0, 0.05) is 0 Å². The van der Waals surface area contributed by atoms with E-state index in [1.807, 2.05) is 16.7 Å². The number of ether oxygens (including phenoxy) is 1. The molecule has 1 N–H and O–H groups in total. The van der Waals surface area contributed by atoms with E-state index in [1.165, 1.54) is 11.1 Å². The highest BCUT2D eigenvalue weighted by Gasteiger charge is 2.23. The van der Waals surface area contributed by atoms with Crippen molar-refractivity contribution in [3.63, 3.8) is 0 Å². The topological polar surface area (TPSA) is 88.6 Å². The minimum absolute atomic E-state index is 0.169. The number of aromatic nitrogens is 4. The van der Waals surface area contributed by atoms with Gasteiger partial charge in [-0.1, -0.05) is 6.07 Å². The van der Waals surface area contributed by atoms with Crippen molar-refractivity contribution in [2.45, 2.75) is 18.9 Å². The lowest BCUT2D eigenvalue weighted by Crippen LogP contribution is -2.10. The van der Waals surface area contributed by atoms with Gasteiger partial charge in [0.25, 0.3) is 0 Å². The number of fused-ring (bicyclic) bond motifs is 2. The molecule has 7 heteroatoms. The molecule has 7 nitrogen and oxygen atoms in total. The highest BCUT2D eigenvalue weighted by molar-refractivity contribution is 5.78. The van der Waals surface area contributed by atoms with Crippen molar-refractivity contribution >= 4 is 16.9 Å². The maximum absolute atomic E-state index is 9.07. The van der Waals surface area contributed by atoms with Gasteiger partial charge in [0.2, 0.25) is 0 Å². The summed E-state index contributed by atoms with van der Waals surface area (Å²) in [6.07, 6.45) is 7.16. The standard InChI is InChI=1S/C22H18N6O/c1-29-16-5-3-15-4-6-18(17(15)9-16)26-21-11-24-12-22(27-21)28-13-25-19-8-14(10-23)2-7-20(19)28/h2-3,5,7-9,11-13,18H,4,6H2,1H3,(H,26,27). The van der Waals surface area contributed by atoms with Crippen molar-refractivity contribution in [2.75, 3.05) is 12.4 Å². The fourth-order valence-corrected chi connectivity index (χ4v) is 3.84. The number of methoxy groups -OCH3 is 1. The van der Waals surface area contributed by atoms with Crippen molar-refractivity contribution in [3.8, 4) is 17.6 Å². The quantitative estimate of drug-likeness (QED) is 0.578. The highest BCUT2D eigenvalue weighted by atomic mass is 16.5. The minimum atomic E-state index is 0.169. The molecule has 1 aliphatic rings. The highest BCUT2D eigenvalue weighted by Crippen LogP contribution is 2.35. The molecule has 0 aliphatic heterocycles. The number of hydrogen-bond acceptors (Lipinski definition) is 6. The van der Waals surface area contributed by atoms with E-state index in [4.69, 9.17) is 15.0 Å². The zero-order valence-electron chi connectivity index (χ0n) is 15.8. The SMILES string of the molecule is COc1ccc2c(c1)C(Nc1cncc(-n3cnc4cc(C#N)ccc43)n1)CC2. The molecule has 0 spiro atoms. The van der Waals surface area contributed by atoms with Gasteiger partial charge in [-0.3, -0.25) is 9.55 Å². The summed E-state index contributed by atoms with van der Waals surface area (Å²) < 4.78 is 7.25. The third-order valence-electron chi connectivity index (χ3n) is 5.30. The van der Waals surface area contributed by atoms with Gasteiger partial charge in [0.15, 0.2) is 5.82 Å². The fourth-order valence-electron chi connectivity index (χ4n) is 3.84. The second-order valence-electron chi connectivity index (χ2n) is 6.99. The lowest BCUT2D eigenvalue weighted by Gasteiger charge is -2.16. The summed E-state index contributed by atoms with van der Waals surface area (Å²) in [6.45, 7) is 0. The van der Waals surface area contributed by atoms with Crippen LogP contribution >= 0.6 is 0 Å². The van der Waals surface area contributed by atoms with Crippen LogP contribution in [0.5, 0.6) is 5.75 Å². The Bertz CT molecular complexity index is 1260. The summed E-state index contributed by atoms with van der Waals surface area (Å²) in [6, 6.07) is 14.0. The minimum Gasteiger partial charge on any atom is -0.497 e. The Morgan fingerprint density at radius 2 is 2.14 bits per heavy atom. The van der Waals surface area contributed by atoms with Crippen LogP contribution in [0, 0.1) is 11.3 Å². The Morgan fingerprint density at radius 1 is 1.21 bits per heavy atom. The van der Waals surface area contributed by atoms with E-state index in [-0.39, 0.29) is 6.04 Å². The molecule has 142 valence electrons. The normalized spacial score (nSPS) is 15.1. The molecule has 0 fully saturated rings. The van der Waals surface area contributed by atoms with Gasteiger partial charge in [-0.05, 0) is 54.3 Å². The van der Waals surface area contributed by atoms with Gasteiger partial charge >= 0.3 is 0 Å². The molecule has 2 heterocycles. The molecule has 1 aliphatic carbocycles. The van der Waals surface area contributed by atoms with Crippen molar-refractivity contribution in [3.05, 3.63) is 71.8 Å². The first-order valence-corrected chi connectivity index (χ1v) is 9.38. The maximum Gasteiger partial charge on any atom is 0.159 e. The molecule has 0 radical (unpaired) electrons. The Morgan fingerprint density at radius 3 is 3.00 bits per heavy atom. The molecule has 29 heavy (non-hydrogen) atoms. The number of nitrogens with one attached hydrogen (secondary N) is 1. The number of rotatable bonds is 4. The Kier molecular flexibility index (Phi) is 4.10. The molecule has 1 unspecified atom stereocenters. The number of nitriles is 1. The summed E-state index contributed by atoms with van der Waals surface area (Å²) in [4.78, 5) is 13.5. The van der Waals surface area contributed by atoms with Crippen molar-refractivity contribution in [1.29, 1.82) is 5.26 Å². The number of nitrogens with zero attached hydrogens (tertiary/aromatic N) is 5. The van der Waals surface area contributed by atoms with E-state index in [0.717, 1.165) is 29.6 Å². The van der Waals surface area contributed by atoms with Crippen molar-refractivity contribution in [2.24, 2.45) is 0 Å². The van der Waals surface area contributed by atoms with Gasteiger partial charge in [-0.25, -0.2) is 9.97 Å². The second kappa shape index (κ2) is 6.91. The predicted molar refractivity (Wildman–Crippen MR) is 109 cm³/mol. The lowest BCUT2D eigenvalue weighted by atomic mass is 10.1. The number of aryl methyl sites for hydroxylation is 1. The molecular weight excluding hydrogens is 364 g/mol. The van der Waals surface area contributed by atoms with Gasteiger partial charge in [0.1, 0.15) is 17.9 Å². The largest absolute Gasteiger partial charge is 0.497 e. The van der Waals surface area contributed by atoms with E-state index in [9.17, 15) is 0 Å². The molecule has 5 rings (SSSR count). The number of imidazole rings is 1. The van der Waals surface area contributed by atoms with Gasteiger partial charge in [-0.2, -0.15) is 5.26 Å². The molecule has 1 atom stereocenters. The van der Waals surface area contributed by atoms with E-state index < -0.39 is 0 Å². The molecular formula is C22H18N6O. The van der Waals surface area contributed by atoms with E-state index >= 15 is 0 Å². The van der Waals surface area contributed by atoms with E-state index in [0.29, 0.717) is 17.2 Å². The first-order valence-electron chi connectivity index (χ1n) is 9.38. The van der Waals surface area contributed by atoms with Crippen LogP contribution in [0.3, 0.4) is 0 Å². The molecule has 0 bridgehead atoms. The first-order chi connectivity index (χ1) is 14.2. The second-order valence-corrected chi connectivity index (χ2v) is 6.99. The molecule has 2 aromatic carbocycles. The third kappa shape index (κ3) is 3.05. The van der Waals surface area contributed by atoms with E-state index in [1.54, 1.807) is 38.0 Å². The average Bonchev–Trinajstić information content (AvgIpc) is 3.37. The summed E-state index contributed by atoms with van der Waals surface area (Å²) in [7, 11) is 1.68. The van der Waals surface area contributed by atoms with E-state index in [2.05, 4.69) is 33.5 Å². The smallest absolute Gasteiger partial charge is 0.159 e. The Balaban J connectivity index is 1.46. The van der Waals surface area contributed by atoms with Gasteiger partial charge in [-0.15, -0.1) is 0 Å². The Labute approximate surface area is 167 Å². The maximum atomic E-state index is 9.07. The molecule has 0 saturated heterocycles. The molecule has 0 amide bonds. The van der Waals surface area contributed by atoms with Crippen LogP contribution in [0.15, 0.2) is 55.1 Å². The lowest BCUT2D eigenvalue weighted by molar-refractivity contribution is 0.414. The predicted octanol–water partition coefficient (Wildman–Crippen LogP) is 3.80. The average molecular weight is 382 g/mol. The molecule has 4 aromatic rings.